The van der Waals surface area contributed by atoms with E-state index in [0.29, 0.717) is 5.95 Å². The Bertz CT molecular complexity index is 386. The van der Waals surface area contributed by atoms with Gasteiger partial charge in [-0.3, -0.25) is 0 Å². The highest BCUT2D eigenvalue weighted by Gasteiger charge is 2.13. The maximum Gasteiger partial charge on any atom is 0.530 e. The smallest absolute Gasteiger partial charge is 0.187 e. The Balaban J connectivity index is 3.35. The molecule has 0 unspecified atom stereocenters. The third-order valence-electron chi connectivity index (χ3n) is 1.86. The van der Waals surface area contributed by atoms with E-state index in [4.69, 9.17) is 6.57 Å². The van der Waals surface area contributed by atoms with Crippen LogP contribution in [0.15, 0.2) is 6.08 Å². The van der Waals surface area contributed by atoms with E-state index in [1.165, 1.54) is 0 Å². The van der Waals surface area contributed by atoms with E-state index in [1.807, 2.05) is 32.9 Å². The van der Waals surface area contributed by atoms with E-state index in [-0.39, 0.29) is 0 Å². The van der Waals surface area contributed by atoms with Crippen LogP contribution in [0.2, 0.25) is 0 Å². The van der Waals surface area contributed by atoms with Crippen LogP contribution in [0.5, 0.6) is 0 Å². The number of hydrogen-bond acceptors (Lipinski definition) is 2. The molecule has 0 bridgehead atoms. The Kier molecular flexibility index (Phi) is 2.76. The molecule has 66 valence electrons. The Hall–Kier alpha value is -1.69. The van der Waals surface area contributed by atoms with E-state index >= 15 is 0 Å². The normalized spacial score (nSPS) is 10.3. The van der Waals surface area contributed by atoms with Crippen molar-refractivity contribution >= 4 is 12.0 Å². The minimum atomic E-state index is 0.330. The van der Waals surface area contributed by atoms with Crippen molar-refractivity contribution in [3.8, 4) is 6.57 Å². The number of aromatic nitrogens is 2. The quantitative estimate of drug-likeness (QED) is 0.655. The van der Waals surface area contributed by atoms with Gasteiger partial charge < -0.3 is 0 Å². The fourth-order valence-electron chi connectivity index (χ4n) is 1.01. The predicted octanol–water partition coefficient (Wildman–Crippen LogP) is 2.72. The number of hydrogen-bond donors (Lipinski definition) is 0. The predicted molar refractivity (Wildman–Crippen MR) is 54.2 cm³/mol. The molecular weight excluding hydrogens is 162 g/mol. The van der Waals surface area contributed by atoms with Gasteiger partial charge >= 0.3 is 5.95 Å². The van der Waals surface area contributed by atoms with Crippen molar-refractivity contribution in [2.75, 3.05) is 0 Å². The maximum atomic E-state index is 5.11. The van der Waals surface area contributed by atoms with Crippen LogP contribution in [0, 0.1) is 20.4 Å². The van der Waals surface area contributed by atoms with Crippen LogP contribution in [-0.4, -0.2) is 9.97 Å². The molecule has 3 nitrogen and oxygen atoms in total. The SMILES string of the molecule is C#[N+]c1nc(C)c(C)c(/C=C\C)n1. The summed E-state index contributed by atoms with van der Waals surface area (Å²) in [6, 6.07) is 0. The highest BCUT2D eigenvalue weighted by Crippen LogP contribution is 2.14. The largest absolute Gasteiger partial charge is 0.530 e. The Morgan fingerprint density at radius 3 is 2.54 bits per heavy atom. The first-order chi connectivity index (χ1) is 6.19. The van der Waals surface area contributed by atoms with Crippen LogP contribution in [0.4, 0.5) is 5.95 Å². The number of allylic oxidation sites excluding steroid dienone is 1. The van der Waals surface area contributed by atoms with Gasteiger partial charge in [0.2, 0.25) is 0 Å². The number of aryl methyl sites for hydroxylation is 1. The monoisotopic (exact) mass is 174 g/mol. The van der Waals surface area contributed by atoms with Crippen LogP contribution in [0.1, 0.15) is 23.9 Å². The molecule has 3 heteroatoms. The maximum absolute atomic E-state index is 5.11. The minimum Gasteiger partial charge on any atom is -0.187 e. The van der Waals surface area contributed by atoms with Crippen LogP contribution < -0.4 is 0 Å². The molecule has 0 amide bonds. The van der Waals surface area contributed by atoms with Gasteiger partial charge in [0.15, 0.2) is 0 Å². The average Bonchev–Trinajstić information content (AvgIpc) is 2.13. The molecule has 0 aromatic carbocycles. The lowest BCUT2D eigenvalue weighted by Crippen LogP contribution is -1.94. The van der Waals surface area contributed by atoms with Crippen molar-refractivity contribution in [3.63, 3.8) is 0 Å². The van der Waals surface area contributed by atoms with Crippen molar-refractivity contribution in [2.24, 2.45) is 0 Å². The van der Waals surface area contributed by atoms with Crippen LogP contribution in [0.3, 0.4) is 0 Å². The van der Waals surface area contributed by atoms with E-state index in [2.05, 4.69) is 14.8 Å². The first-order valence-electron chi connectivity index (χ1n) is 4.08. The second-order valence-electron chi connectivity index (χ2n) is 2.75. The molecule has 0 N–H and O–H groups in total. The fraction of sp³-hybridized carbons (Fsp3) is 0.300. The third-order valence-corrected chi connectivity index (χ3v) is 1.86. The van der Waals surface area contributed by atoms with Gasteiger partial charge in [0.05, 0.1) is 0 Å². The summed E-state index contributed by atoms with van der Waals surface area (Å²) < 4.78 is 0. The number of nitrogens with zero attached hydrogens (tertiary/aromatic N) is 3. The Labute approximate surface area is 78.0 Å². The highest BCUT2D eigenvalue weighted by molar-refractivity contribution is 5.52. The summed E-state index contributed by atoms with van der Waals surface area (Å²) in [5.74, 6) is 0.330. The zero-order chi connectivity index (χ0) is 9.84. The second kappa shape index (κ2) is 3.81. The van der Waals surface area contributed by atoms with E-state index < -0.39 is 0 Å². The van der Waals surface area contributed by atoms with Gasteiger partial charge in [0.25, 0.3) is 0 Å². The minimum absolute atomic E-state index is 0.330. The van der Waals surface area contributed by atoms with Crippen molar-refractivity contribution in [1.82, 2.24) is 9.97 Å². The van der Waals surface area contributed by atoms with Crippen molar-refractivity contribution in [3.05, 3.63) is 27.9 Å². The zero-order valence-electron chi connectivity index (χ0n) is 8.07. The lowest BCUT2D eigenvalue weighted by molar-refractivity contribution is 1.07. The lowest BCUT2D eigenvalue weighted by atomic mass is 10.2. The Morgan fingerprint density at radius 2 is 2.00 bits per heavy atom. The second-order valence-corrected chi connectivity index (χ2v) is 2.75. The fourth-order valence-corrected chi connectivity index (χ4v) is 1.01. The molecule has 1 aromatic heterocycles. The molecule has 0 aliphatic rings. The van der Waals surface area contributed by atoms with Gasteiger partial charge in [-0.15, -0.1) is 0 Å². The van der Waals surface area contributed by atoms with Crippen LogP contribution >= 0.6 is 0 Å². The van der Waals surface area contributed by atoms with Crippen molar-refractivity contribution in [2.45, 2.75) is 20.8 Å². The van der Waals surface area contributed by atoms with Gasteiger partial charge in [-0.2, -0.15) is 4.85 Å². The molecule has 1 rings (SSSR count). The van der Waals surface area contributed by atoms with Crippen LogP contribution in [-0.2, 0) is 0 Å². The standard InChI is InChI=1S/C10H12N3/c1-5-6-9-7(2)8(3)12-10(11-4)13-9/h4-6H,1-3H3/q+1/b6-5-. The molecule has 0 atom stereocenters. The van der Waals surface area contributed by atoms with Crippen LogP contribution in [0.25, 0.3) is 10.9 Å². The number of rotatable bonds is 1. The first kappa shape index (κ1) is 9.40. The summed E-state index contributed by atoms with van der Waals surface area (Å²) >= 11 is 0. The zero-order valence-corrected chi connectivity index (χ0v) is 8.07. The van der Waals surface area contributed by atoms with E-state index in [0.717, 1.165) is 17.0 Å². The Morgan fingerprint density at radius 1 is 1.31 bits per heavy atom. The summed E-state index contributed by atoms with van der Waals surface area (Å²) in [6.07, 6.45) is 3.84. The molecular formula is C10H12N3+. The summed E-state index contributed by atoms with van der Waals surface area (Å²) in [7, 11) is 0. The summed E-state index contributed by atoms with van der Waals surface area (Å²) in [6.45, 7) is 10.9. The average molecular weight is 174 g/mol. The molecule has 13 heavy (non-hydrogen) atoms. The highest BCUT2D eigenvalue weighted by atomic mass is 15.0. The molecule has 1 aromatic rings. The first-order valence-corrected chi connectivity index (χ1v) is 4.08. The molecule has 0 saturated heterocycles. The lowest BCUT2D eigenvalue weighted by Gasteiger charge is -1.94. The molecule has 1 heterocycles. The molecule has 0 aliphatic carbocycles. The van der Waals surface area contributed by atoms with Gasteiger partial charge in [0, 0.05) is 5.56 Å². The topological polar surface area (TPSA) is 30.1 Å². The van der Waals surface area contributed by atoms with Gasteiger partial charge in [-0.1, -0.05) is 16.0 Å². The molecule has 0 radical (unpaired) electrons. The van der Waals surface area contributed by atoms with E-state index in [9.17, 15) is 0 Å². The van der Waals surface area contributed by atoms with Crippen molar-refractivity contribution in [1.29, 1.82) is 0 Å². The van der Waals surface area contributed by atoms with Crippen molar-refractivity contribution < 1.29 is 0 Å². The van der Waals surface area contributed by atoms with E-state index in [1.54, 1.807) is 0 Å². The summed E-state index contributed by atoms with van der Waals surface area (Å²) in [4.78, 5) is 11.7. The molecule has 0 fully saturated rings. The molecule has 0 saturated carbocycles. The third kappa shape index (κ3) is 1.91. The summed E-state index contributed by atoms with van der Waals surface area (Å²) in [5.41, 5.74) is 2.84. The molecule has 0 spiro atoms. The van der Waals surface area contributed by atoms with Gasteiger partial charge in [-0.25, -0.2) is 0 Å². The molecule has 0 aliphatic heterocycles. The summed E-state index contributed by atoms with van der Waals surface area (Å²) in [5, 5.41) is 0. The van der Waals surface area contributed by atoms with Gasteiger partial charge in [-0.05, 0) is 26.8 Å². The van der Waals surface area contributed by atoms with Gasteiger partial charge in [0.1, 0.15) is 18.0 Å².